The Kier molecular flexibility index (Phi) is 7.61. The van der Waals surface area contributed by atoms with Crippen LogP contribution in [0.2, 0.25) is 0 Å². The first-order chi connectivity index (χ1) is 11.6. The number of hydrogen-bond donors (Lipinski definition) is 3. The Balaban J connectivity index is 1.46. The molecule has 0 aliphatic carbocycles. The molecule has 0 unspecified atom stereocenters. The van der Waals surface area contributed by atoms with Gasteiger partial charge < -0.3 is 25.3 Å². The summed E-state index contributed by atoms with van der Waals surface area (Å²) in [5.74, 6) is 1.27. The van der Waals surface area contributed by atoms with Crippen LogP contribution in [0.25, 0.3) is 0 Å². The molecule has 0 radical (unpaired) electrons. The molecular weight excluding hydrogens is 308 g/mol. The van der Waals surface area contributed by atoms with Crippen LogP contribution in [0.3, 0.4) is 0 Å². The van der Waals surface area contributed by atoms with E-state index in [2.05, 4.69) is 27.8 Å². The van der Waals surface area contributed by atoms with Gasteiger partial charge in [0.05, 0.1) is 19.4 Å². The summed E-state index contributed by atoms with van der Waals surface area (Å²) in [6, 6.07) is 3.23. The van der Waals surface area contributed by atoms with Gasteiger partial charge in [-0.05, 0) is 56.9 Å². The molecule has 2 heterocycles. The molecule has 0 bridgehead atoms. The highest BCUT2D eigenvalue weighted by Crippen LogP contribution is 2.15. The summed E-state index contributed by atoms with van der Waals surface area (Å²) >= 11 is 0. The quantitative estimate of drug-likeness (QED) is 0.625. The number of carbonyl (C=O) groups excluding carboxylic acids is 2. The van der Waals surface area contributed by atoms with E-state index in [4.69, 9.17) is 4.42 Å². The van der Waals surface area contributed by atoms with Crippen molar-refractivity contribution < 1.29 is 14.0 Å². The second kappa shape index (κ2) is 9.97. The van der Waals surface area contributed by atoms with E-state index in [0.29, 0.717) is 18.8 Å². The minimum absolute atomic E-state index is 0.0451. The highest BCUT2D eigenvalue weighted by atomic mass is 16.3. The van der Waals surface area contributed by atoms with Crippen LogP contribution in [-0.2, 0) is 11.3 Å². The second-order valence-corrected chi connectivity index (χ2v) is 6.34. The summed E-state index contributed by atoms with van der Waals surface area (Å²) in [6.07, 6.45) is 5.01. The van der Waals surface area contributed by atoms with Crippen molar-refractivity contribution in [3.05, 3.63) is 24.2 Å². The summed E-state index contributed by atoms with van der Waals surface area (Å²) in [5.41, 5.74) is 0. The number of piperidine rings is 1. The van der Waals surface area contributed by atoms with Gasteiger partial charge in [-0.25, -0.2) is 4.79 Å². The molecule has 0 atom stereocenters. The Bertz CT molecular complexity index is 496. The third-order valence-electron chi connectivity index (χ3n) is 4.26. The van der Waals surface area contributed by atoms with Crippen LogP contribution in [0.1, 0.15) is 31.9 Å². The lowest BCUT2D eigenvalue weighted by molar-refractivity contribution is -0.120. The minimum atomic E-state index is -0.310. The molecule has 1 saturated heterocycles. The zero-order valence-electron chi connectivity index (χ0n) is 14.3. The normalized spacial score (nSPS) is 15.9. The minimum Gasteiger partial charge on any atom is -0.467 e. The van der Waals surface area contributed by atoms with Crippen LogP contribution in [0.15, 0.2) is 22.8 Å². The van der Waals surface area contributed by atoms with Crippen LogP contribution < -0.4 is 16.0 Å². The van der Waals surface area contributed by atoms with Crippen LogP contribution in [0.5, 0.6) is 0 Å². The third-order valence-corrected chi connectivity index (χ3v) is 4.26. The number of hydrogen-bond acceptors (Lipinski definition) is 4. The lowest BCUT2D eigenvalue weighted by Gasteiger charge is -2.30. The zero-order valence-corrected chi connectivity index (χ0v) is 14.3. The fourth-order valence-corrected chi connectivity index (χ4v) is 2.67. The smallest absolute Gasteiger partial charge is 0.315 e. The first kappa shape index (κ1) is 18.3. The molecule has 3 N–H and O–H groups in total. The summed E-state index contributed by atoms with van der Waals surface area (Å²) in [4.78, 5) is 25.7. The average Bonchev–Trinajstić information content (AvgIpc) is 3.10. The Hall–Kier alpha value is -2.02. The Morgan fingerprint density at radius 2 is 2.04 bits per heavy atom. The number of nitrogens with zero attached hydrogens (tertiary/aromatic N) is 1. The molecule has 1 aromatic heterocycles. The number of rotatable bonds is 8. The van der Waals surface area contributed by atoms with Crippen molar-refractivity contribution >= 4 is 11.9 Å². The monoisotopic (exact) mass is 336 g/mol. The van der Waals surface area contributed by atoms with Crippen LogP contribution in [0.4, 0.5) is 4.79 Å². The van der Waals surface area contributed by atoms with Gasteiger partial charge in [-0.15, -0.1) is 0 Å². The van der Waals surface area contributed by atoms with Gasteiger partial charge in [-0.1, -0.05) is 6.92 Å². The van der Waals surface area contributed by atoms with E-state index >= 15 is 0 Å². The Morgan fingerprint density at radius 1 is 1.25 bits per heavy atom. The maximum absolute atomic E-state index is 11.6. The first-order valence-corrected chi connectivity index (χ1v) is 8.66. The van der Waals surface area contributed by atoms with Crippen LogP contribution in [-0.4, -0.2) is 49.6 Å². The zero-order chi connectivity index (χ0) is 17.2. The SMILES string of the molecule is CC1CCN(CCCNC(=O)NCC(=O)NCc2ccco2)CC1. The van der Waals surface area contributed by atoms with Gasteiger partial charge in [0, 0.05) is 6.54 Å². The van der Waals surface area contributed by atoms with Gasteiger partial charge in [-0.3, -0.25) is 4.79 Å². The summed E-state index contributed by atoms with van der Waals surface area (Å²) in [5, 5.41) is 8.00. The van der Waals surface area contributed by atoms with Crippen molar-refractivity contribution in [2.45, 2.75) is 32.7 Å². The number of carbonyl (C=O) groups is 2. The number of furan rings is 1. The van der Waals surface area contributed by atoms with Crippen molar-refractivity contribution in [1.82, 2.24) is 20.9 Å². The van der Waals surface area contributed by atoms with Crippen molar-refractivity contribution in [3.63, 3.8) is 0 Å². The molecule has 134 valence electrons. The molecule has 0 aromatic carbocycles. The van der Waals surface area contributed by atoms with E-state index in [1.54, 1.807) is 18.4 Å². The molecule has 0 spiro atoms. The van der Waals surface area contributed by atoms with Gasteiger partial charge in [0.25, 0.3) is 0 Å². The molecule has 7 heteroatoms. The van der Waals surface area contributed by atoms with Gasteiger partial charge in [-0.2, -0.15) is 0 Å². The molecule has 3 amide bonds. The van der Waals surface area contributed by atoms with E-state index in [0.717, 1.165) is 32.0 Å². The van der Waals surface area contributed by atoms with Gasteiger partial charge in [0.1, 0.15) is 5.76 Å². The van der Waals surface area contributed by atoms with Gasteiger partial charge >= 0.3 is 6.03 Å². The number of urea groups is 1. The number of nitrogens with one attached hydrogen (secondary N) is 3. The molecule has 0 saturated carbocycles. The molecular formula is C17H28N4O3. The fraction of sp³-hybridized carbons (Fsp3) is 0.647. The maximum atomic E-state index is 11.6. The topological polar surface area (TPSA) is 86.6 Å². The van der Waals surface area contributed by atoms with Crippen molar-refractivity contribution in [2.24, 2.45) is 5.92 Å². The Labute approximate surface area is 143 Å². The standard InChI is InChI=1S/C17H28N4O3/c1-14-5-9-21(10-6-14)8-3-7-18-17(23)20-13-16(22)19-12-15-4-2-11-24-15/h2,4,11,14H,3,5-10,12-13H2,1H3,(H,19,22)(H2,18,20,23). The molecule has 1 aliphatic rings. The van der Waals surface area contributed by atoms with Crippen molar-refractivity contribution in [2.75, 3.05) is 32.7 Å². The molecule has 24 heavy (non-hydrogen) atoms. The number of likely N-dealkylation sites (tertiary alicyclic amines) is 1. The molecule has 7 nitrogen and oxygen atoms in total. The van der Waals surface area contributed by atoms with E-state index in [-0.39, 0.29) is 18.5 Å². The lowest BCUT2D eigenvalue weighted by Crippen LogP contribution is -2.42. The molecule has 1 aromatic rings. The van der Waals surface area contributed by atoms with Crippen LogP contribution >= 0.6 is 0 Å². The first-order valence-electron chi connectivity index (χ1n) is 8.66. The van der Waals surface area contributed by atoms with Crippen LogP contribution in [0, 0.1) is 5.92 Å². The van der Waals surface area contributed by atoms with Gasteiger partial charge in [0.15, 0.2) is 0 Å². The summed E-state index contributed by atoms with van der Waals surface area (Å²) < 4.78 is 5.11. The maximum Gasteiger partial charge on any atom is 0.315 e. The Morgan fingerprint density at radius 3 is 2.75 bits per heavy atom. The molecule has 1 aliphatic heterocycles. The second-order valence-electron chi connectivity index (χ2n) is 6.34. The predicted molar refractivity (Wildman–Crippen MR) is 91.4 cm³/mol. The highest BCUT2D eigenvalue weighted by Gasteiger charge is 2.14. The largest absolute Gasteiger partial charge is 0.467 e. The fourth-order valence-electron chi connectivity index (χ4n) is 2.67. The lowest BCUT2D eigenvalue weighted by atomic mass is 9.99. The van der Waals surface area contributed by atoms with E-state index < -0.39 is 0 Å². The van der Waals surface area contributed by atoms with E-state index in [1.165, 1.54) is 12.8 Å². The summed E-state index contributed by atoms with van der Waals surface area (Å²) in [6.45, 7) is 6.52. The van der Waals surface area contributed by atoms with Crippen molar-refractivity contribution in [1.29, 1.82) is 0 Å². The highest BCUT2D eigenvalue weighted by molar-refractivity contribution is 5.83. The predicted octanol–water partition coefficient (Wildman–Crippen LogP) is 1.32. The average molecular weight is 336 g/mol. The van der Waals surface area contributed by atoms with E-state index in [1.807, 2.05) is 0 Å². The number of amides is 3. The molecule has 1 fully saturated rings. The van der Waals surface area contributed by atoms with Crippen molar-refractivity contribution in [3.8, 4) is 0 Å². The van der Waals surface area contributed by atoms with E-state index in [9.17, 15) is 9.59 Å². The molecule has 2 rings (SSSR count). The third kappa shape index (κ3) is 7.04. The summed E-state index contributed by atoms with van der Waals surface area (Å²) in [7, 11) is 0. The van der Waals surface area contributed by atoms with Gasteiger partial charge in [0.2, 0.25) is 5.91 Å².